The SMILES string of the molecule is CC(N)Cc1csc2nc(-c3ccc(C(C)(C)C)cc3)cn12. The lowest BCUT2D eigenvalue weighted by atomic mass is 9.86. The third-order valence-electron chi connectivity index (χ3n) is 3.86. The summed E-state index contributed by atoms with van der Waals surface area (Å²) < 4.78 is 2.17. The molecule has 4 heteroatoms. The first-order valence-corrected chi connectivity index (χ1v) is 8.54. The van der Waals surface area contributed by atoms with E-state index in [0.29, 0.717) is 0 Å². The fraction of sp³-hybridized carbons (Fsp3) is 0.389. The van der Waals surface area contributed by atoms with Gasteiger partial charge in [-0.2, -0.15) is 0 Å². The number of fused-ring (bicyclic) bond motifs is 1. The van der Waals surface area contributed by atoms with E-state index in [1.54, 1.807) is 11.3 Å². The van der Waals surface area contributed by atoms with Crippen molar-refractivity contribution in [3.8, 4) is 11.3 Å². The van der Waals surface area contributed by atoms with Crippen LogP contribution in [0.2, 0.25) is 0 Å². The fourth-order valence-electron chi connectivity index (χ4n) is 2.59. The monoisotopic (exact) mass is 313 g/mol. The summed E-state index contributed by atoms with van der Waals surface area (Å²) in [6, 6.07) is 8.89. The first kappa shape index (κ1) is 15.3. The molecule has 22 heavy (non-hydrogen) atoms. The topological polar surface area (TPSA) is 43.3 Å². The molecule has 0 amide bonds. The second kappa shape index (κ2) is 5.52. The maximum Gasteiger partial charge on any atom is 0.194 e. The van der Waals surface area contributed by atoms with Gasteiger partial charge >= 0.3 is 0 Å². The number of aromatic nitrogens is 2. The number of hydrogen-bond donors (Lipinski definition) is 1. The highest BCUT2D eigenvalue weighted by Crippen LogP contribution is 2.27. The van der Waals surface area contributed by atoms with Crippen LogP contribution in [0.5, 0.6) is 0 Å². The lowest BCUT2D eigenvalue weighted by Crippen LogP contribution is -2.18. The molecule has 3 nitrogen and oxygen atoms in total. The van der Waals surface area contributed by atoms with Crippen molar-refractivity contribution in [3.63, 3.8) is 0 Å². The van der Waals surface area contributed by atoms with Crippen molar-refractivity contribution in [1.29, 1.82) is 0 Å². The van der Waals surface area contributed by atoms with Gasteiger partial charge in [-0.1, -0.05) is 45.0 Å². The van der Waals surface area contributed by atoms with E-state index in [1.165, 1.54) is 11.3 Å². The molecular formula is C18H23N3S. The Balaban J connectivity index is 1.95. The molecule has 0 saturated carbocycles. The van der Waals surface area contributed by atoms with Gasteiger partial charge in [0.25, 0.3) is 0 Å². The number of hydrogen-bond acceptors (Lipinski definition) is 3. The van der Waals surface area contributed by atoms with Gasteiger partial charge in [-0.25, -0.2) is 4.98 Å². The molecule has 116 valence electrons. The zero-order valence-electron chi connectivity index (χ0n) is 13.6. The average Bonchev–Trinajstić information content (AvgIpc) is 3.00. The predicted molar refractivity (Wildman–Crippen MR) is 94.6 cm³/mol. The van der Waals surface area contributed by atoms with Crippen LogP contribution in [-0.2, 0) is 11.8 Å². The Hall–Kier alpha value is -1.65. The maximum absolute atomic E-state index is 5.92. The minimum atomic E-state index is 0.162. The van der Waals surface area contributed by atoms with Gasteiger partial charge in [-0.05, 0) is 17.9 Å². The molecule has 0 aliphatic rings. The van der Waals surface area contributed by atoms with Crippen molar-refractivity contribution >= 4 is 16.3 Å². The average molecular weight is 313 g/mol. The largest absolute Gasteiger partial charge is 0.328 e. The molecule has 0 saturated heterocycles. The first-order chi connectivity index (χ1) is 10.3. The molecule has 0 aliphatic carbocycles. The molecule has 2 N–H and O–H groups in total. The minimum absolute atomic E-state index is 0.162. The zero-order chi connectivity index (χ0) is 15.9. The van der Waals surface area contributed by atoms with Crippen molar-refractivity contribution < 1.29 is 0 Å². The summed E-state index contributed by atoms with van der Waals surface area (Å²) in [4.78, 5) is 5.78. The Labute approximate surface area is 135 Å². The summed E-state index contributed by atoms with van der Waals surface area (Å²) in [6.07, 6.45) is 2.99. The molecule has 1 atom stereocenters. The second-order valence-corrected chi connectivity index (χ2v) is 7.85. The van der Waals surface area contributed by atoms with Crippen molar-refractivity contribution in [2.45, 2.75) is 45.6 Å². The number of nitrogens with zero attached hydrogens (tertiary/aromatic N) is 2. The van der Waals surface area contributed by atoms with E-state index in [2.05, 4.69) is 61.0 Å². The van der Waals surface area contributed by atoms with Crippen LogP contribution in [0.25, 0.3) is 16.2 Å². The minimum Gasteiger partial charge on any atom is -0.328 e. The third-order valence-corrected chi connectivity index (χ3v) is 4.75. The van der Waals surface area contributed by atoms with E-state index >= 15 is 0 Å². The van der Waals surface area contributed by atoms with Gasteiger partial charge in [-0.3, -0.25) is 4.40 Å². The highest BCUT2D eigenvalue weighted by atomic mass is 32.1. The summed E-state index contributed by atoms with van der Waals surface area (Å²) in [6.45, 7) is 8.73. The highest BCUT2D eigenvalue weighted by molar-refractivity contribution is 7.15. The number of benzene rings is 1. The Morgan fingerprint density at radius 1 is 1.23 bits per heavy atom. The van der Waals surface area contributed by atoms with Crippen molar-refractivity contribution in [1.82, 2.24) is 9.38 Å². The van der Waals surface area contributed by atoms with Crippen LogP contribution in [-0.4, -0.2) is 15.4 Å². The van der Waals surface area contributed by atoms with E-state index in [0.717, 1.165) is 22.6 Å². The highest BCUT2D eigenvalue weighted by Gasteiger charge is 2.14. The van der Waals surface area contributed by atoms with Gasteiger partial charge in [0.05, 0.1) is 5.69 Å². The molecule has 2 heterocycles. The van der Waals surface area contributed by atoms with Gasteiger partial charge in [0.15, 0.2) is 4.96 Å². The molecule has 0 bridgehead atoms. The van der Waals surface area contributed by atoms with E-state index in [9.17, 15) is 0 Å². The molecule has 0 fully saturated rings. The number of imidazole rings is 1. The van der Waals surface area contributed by atoms with Crippen LogP contribution < -0.4 is 5.73 Å². The molecular weight excluding hydrogens is 290 g/mol. The van der Waals surface area contributed by atoms with E-state index in [-0.39, 0.29) is 11.5 Å². The van der Waals surface area contributed by atoms with E-state index in [4.69, 9.17) is 10.7 Å². The Kier molecular flexibility index (Phi) is 3.83. The summed E-state index contributed by atoms with van der Waals surface area (Å²) >= 11 is 1.68. The van der Waals surface area contributed by atoms with E-state index < -0.39 is 0 Å². The summed E-state index contributed by atoms with van der Waals surface area (Å²) in [7, 11) is 0. The van der Waals surface area contributed by atoms with E-state index in [1.807, 2.05) is 6.92 Å². The molecule has 2 aromatic heterocycles. The van der Waals surface area contributed by atoms with Crippen molar-refractivity contribution in [2.75, 3.05) is 0 Å². The molecule has 0 radical (unpaired) electrons. The summed E-state index contributed by atoms with van der Waals surface area (Å²) in [5.41, 5.74) is 10.9. The van der Waals surface area contributed by atoms with Gasteiger partial charge in [0.2, 0.25) is 0 Å². The maximum atomic E-state index is 5.92. The smallest absolute Gasteiger partial charge is 0.194 e. The molecule has 0 aliphatic heterocycles. The Morgan fingerprint density at radius 3 is 2.50 bits per heavy atom. The van der Waals surface area contributed by atoms with Gasteiger partial charge in [-0.15, -0.1) is 11.3 Å². The summed E-state index contributed by atoms with van der Waals surface area (Å²) in [5.74, 6) is 0. The standard InChI is InChI=1S/C18H23N3S/c1-12(19)9-15-11-22-17-20-16(10-21(15)17)13-5-7-14(8-6-13)18(2,3)4/h5-8,10-12H,9,19H2,1-4H3. The van der Waals surface area contributed by atoms with Gasteiger partial charge in [0, 0.05) is 35.3 Å². The van der Waals surface area contributed by atoms with Crippen molar-refractivity contribution in [3.05, 3.63) is 47.1 Å². The Bertz CT molecular complexity index is 773. The van der Waals surface area contributed by atoms with Gasteiger partial charge in [0.1, 0.15) is 0 Å². The third kappa shape index (κ3) is 2.94. The number of rotatable bonds is 3. The normalized spacial score (nSPS) is 13.7. The van der Waals surface area contributed by atoms with Crippen LogP contribution in [0.4, 0.5) is 0 Å². The molecule has 3 rings (SSSR count). The van der Waals surface area contributed by atoms with Gasteiger partial charge < -0.3 is 5.73 Å². The van der Waals surface area contributed by atoms with Crippen LogP contribution in [0.3, 0.4) is 0 Å². The van der Waals surface area contributed by atoms with Crippen LogP contribution in [0.15, 0.2) is 35.8 Å². The fourth-order valence-corrected chi connectivity index (χ4v) is 3.47. The molecule has 3 aromatic rings. The van der Waals surface area contributed by atoms with Crippen LogP contribution >= 0.6 is 11.3 Å². The van der Waals surface area contributed by atoms with Crippen LogP contribution in [0, 0.1) is 0 Å². The number of thiazole rings is 1. The number of nitrogens with two attached hydrogens (primary N) is 1. The van der Waals surface area contributed by atoms with Crippen LogP contribution in [0.1, 0.15) is 39.0 Å². The zero-order valence-corrected chi connectivity index (χ0v) is 14.4. The lowest BCUT2D eigenvalue weighted by Gasteiger charge is -2.18. The quantitative estimate of drug-likeness (QED) is 0.785. The lowest BCUT2D eigenvalue weighted by molar-refractivity contribution is 0.590. The molecule has 1 aromatic carbocycles. The molecule has 1 unspecified atom stereocenters. The first-order valence-electron chi connectivity index (χ1n) is 7.66. The molecule has 0 spiro atoms. The van der Waals surface area contributed by atoms with Crippen molar-refractivity contribution in [2.24, 2.45) is 5.73 Å². The summed E-state index contributed by atoms with van der Waals surface area (Å²) in [5, 5.41) is 2.15. The predicted octanol–water partition coefficient (Wildman–Crippen LogP) is 4.25. The Morgan fingerprint density at radius 2 is 1.91 bits per heavy atom. The second-order valence-electron chi connectivity index (χ2n) is 7.01.